The SMILES string of the molecule is O=C1NCc2c(-c3ccccc3Cl)cc(CN3CC(n4ccnc4)C3)cc2N1c1c(Cl)cccc1Cl.O=Cc1cc(-c2ccccc2Cl)c2c(c1)N(c1c(Cl)cccc1Cl)C(=O)NC2.c1cn(C2CNC2)cn1. The van der Waals surface area contributed by atoms with E-state index in [1.165, 1.54) is 4.90 Å². The number of benzene rings is 6. The molecule has 2 aromatic heterocycles. The molecule has 0 spiro atoms. The fourth-order valence-electron chi connectivity index (χ4n) is 9.29. The molecular weight excluding hydrogens is 1050 g/mol. The summed E-state index contributed by atoms with van der Waals surface area (Å²) in [5.41, 5.74) is 8.81. The smallest absolute Gasteiger partial charge is 0.326 e. The molecule has 0 unspecified atom stereocenters. The lowest BCUT2D eigenvalue weighted by Gasteiger charge is -2.40. The lowest BCUT2D eigenvalue weighted by Crippen LogP contribution is -2.46. The number of anilines is 4. The maximum absolute atomic E-state index is 13.2. The highest BCUT2D eigenvalue weighted by atomic mass is 35.5. The number of nitrogens with one attached hydrogen (secondary N) is 3. The second kappa shape index (κ2) is 22.0. The van der Waals surface area contributed by atoms with Crippen LogP contribution >= 0.6 is 69.6 Å². The van der Waals surface area contributed by atoms with Crippen molar-refractivity contribution in [3.05, 3.63) is 199 Å². The number of aldehydes is 1. The molecule has 4 amide bonds. The Kier molecular flexibility index (Phi) is 15.1. The summed E-state index contributed by atoms with van der Waals surface area (Å²) in [6.07, 6.45) is 12.1. The molecule has 0 atom stereocenters. The molecule has 0 bridgehead atoms. The van der Waals surface area contributed by atoms with Gasteiger partial charge in [-0.15, -0.1) is 0 Å². The van der Waals surface area contributed by atoms with Gasteiger partial charge in [-0.05, 0) is 77.4 Å². The van der Waals surface area contributed by atoms with Crippen LogP contribution in [0, 0.1) is 0 Å². The van der Waals surface area contributed by atoms with Crippen LogP contribution in [0.3, 0.4) is 0 Å². The third-order valence-electron chi connectivity index (χ3n) is 13.0. The zero-order chi connectivity index (χ0) is 50.8. The lowest BCUT2D eigenvalue weighted by atomic mass is 9.93. The van der Waals surface area contributed by atoms with Crippen LogP contribution < -0.4 is 25.8 Å². The second-order valence-electron chi connectivity index (χ2n) is 17.6. The first-order chi connectivity index (χ1) is 35.5. The van der Waals surface area contributed by atoms with Gasteiger partial charge < -0.3 is 25.1 Å². The third-order valence-corrected chi connectivity index (χ3v) is 14.9. The van der Waals surface area contributed by atoms with Crippen molar-refractivity contribution in [3.8, 4) is 22.3 Å². The van der Waals surface area contributed by atoms with Gasteiger partial charge in [0.1, 0.15) is 6.29 Å². The van der Waals surface area contributed by atoms with E-state index in [9.17, 15) is 14.4 Å². The molecule has 4 aliphatic rings. The van der Waals surface area contributed by atoms with Gasteiger partial charge in [0.15, 0.2) is 0 Å². The molecule has 12 rings (SSSR count). The Balaban J connectivity index is 0.000000146. The van der Waals surface area contributed by atoms with E-state index in [-0.39, 0.29) is 18.6 Å². The number of carbonyl (C=O) groups excluding carboxylic acids is 3. The fraction of sp³-hybridized carbons (Fsp3) is 0.167. The quantitative estimate of drug-likeness (QED) is 0.123. The number of carbonyl (C=O) groups is 3. The van der Waals surface area contributed by atoms with E-state index in [0.29, 0.717) is 71.4 Å². The average molecular weight is 1090 g/mol. The number of hydrogen-bond acceptors (Lipinski definition) is 7. The zero-order valence-electron chi connectivity index (χ0n) is 38.7. The largest absolute Gasteiger partial charge is 0.333 e. The van der Waals surface area contributed by atoms with Gasteiger partial charge in [-0.2, -0.15) is 0 Å². The Labute approximate surface area is 451 Å². The summed E-state index contributed by atoms with van der Waals surface area (Å²) in [4.78, 5) is 51.1. The predicted molar refractivity (Wildman–Crippen MR) is 292 cm³/mol. The Morgan fingerprint density at radius 1 is 0.548 bits per heavy atom. The molecule has 0 aliphatic carbocycles. The topological polar surface area (TPSA) is 133 Å². The number of imidazole rings is 2. The number of urea groups is 2. The summed E-state index contributed by atoms with van der Waals surface area (Å²) in [6, 6.07) is 33.4. The minimum Gasteiger partial charge on any atom is -0.333 e. The van der Waals surface area contributed by atoms with Crippen LogP contribution in [0.1, 0.15) is 39.1 Å². The number of halogens is 6. The first kappa shape index (κ1) is 50.2. The van der Waals surface area contributed by atoms with Gasteiger partial charge in [0.05, 0.1) is 67.6 Å². The molecule has 6 heterocycles. The number of amides is 4. The van der Waals surface area contributed by atoms with Crippen molar-refractivity contribution in [1.29, 1.82) is 0 Å². The van der Waals surface area contributed by atoms with Crippen LogP contribution in [0.15, 0.2) is 147 Å². The maximum Gasteiger partial charge on any atom is 0.326 e. The minimum atomic E-state index is -0.379. The van der Waals surface area contributed by atoms with Gasteiger partial charge in [0.2, 0.25) is 0 Å². The molecule has 0 radical (unpaired) electrons. The van der Waals surface area contributed by atoms with E-state index >= 15 is 0 Å². The molecule has 19 heteroatoms. The van der Waals surface area contributed by atoms with E-state index < -0.39 is 0 Å². The van der Waals surface area contributed by atoms with E-state index in [0.717, 1.165) is 83.6 Å². The summed E-state index contributed by atoms with van der Waals surface area (Å²) in [6.45, 7) is 5.44. The Hall–Kier alpha value is -6.39. The average Bonchev–Trinajstić information content (AvgIpc) is 4.10. The summed E-state index contributed by atoms with van der Waals surface area (Å²) < 4.78 is 4.28. The van der Waals surface area contributed by atoms with Gasteiger partial charge in [-0.25, -0.2) is 19.6 Å². The van der Waals surface area contributed by atoms with Crippen molar-refractivity contribution < 1.29 is 14.4 Å². The Morgan fingerprint density at radius 2 is 1.01 bits per heavy atom. The number of likely N-dealkylation sites (tertiary alicyclic amines) is 1. The summed E-state index contributed by atoms with van der Waals surface area (Å²) in [5.74, 6) is 0. The molecule has 370 valence electrons. The van der Waals surface area contributed by atoms with Crippen LogP contribution in [0.25, 0.3) is 22.3 Å². The van der Waals surface area contributed by atoms with Crippen molar-refractivity contribution in [3.63, 3.8) is 0 Å². The molecule has 2 fully saturated rings. The van der Waals surface area contributed by atoms with Crippen LogP contribution in [0.2, 0.25) is 30.1 Å². The van der Waals surface area contributed by atoms with Crippen molar-refractivity contribution in [1.82, 2.24) is 40.0 Å². The molecule has 0 saturated carbocycles. The number of aromatic nitrogens is 4. The zero-order valence-corrected chi connectivity index (χ0v) is 43.2. The van der Waals surface area contributed by atoms with Crippen molar-refractivity contribution in [2.45, 2.75) is 31.7 Å². The van der Waals surface area contributed by atoms with Crippen LogP contribution in [-0.2, 0) is 19.6 Å². The molecule has 3 N–H and O–H groups in total. The number of fused-ring (bicyclic) bond motifs is 2. The first-order valence-corrected chi connectivity index (χ1v) is 25.4. The number of nitrogens with zero attached hydrogens (tertiary/aromatic N) is 7. The molecule has 13 nitrogen and oxygen atoms in total. The highest BCUT2D eigenvalue weighted by molar-refractivity contribution is 6.41. The molecule has 73 heavy (non-hydrogen) atoms. The highest BCUT2D eigenvalue weighted by Crippen LogP contribution is 2.47. The summed E-state index contributed by atoms with van der Waals surface area (Å²) >= 11 is 38.9. The second-order valence-corrected chi connectivity index (χ2v) is 20.0. The fourth-order valence-corrected chi connectivity index (χ4v) is 10.9. The van der Waals surface area contributed by atoms with Crippen LogP contribution in [0.4, 0.5) is 32.3 Å². The minimum absolute atomic E-state index is 0.274. The highest BCUT2D eigenvalue weighted by Gasteiger charge is 2.34. The van der Waals surface area contributed by atoms with Crippen molar-refractivity contribution >= 4 is 111 Å². The third kappa shape index (κ3) is 10.4. The van der Waals surface area contributed by atoms with E-state index in [2.05, 4.69) is 52.1 Å². The monoisotopic (exact) mass is 1090 g/mol. The number of para-hydroxylation sites is 2. The van der Waals surface area contributed by atoms with E-state index in [1.807, 2.05) is 79.9 Å². The Bertz CT molecular complexity index is 3310. The maximum atomic E-state index is 13.2. The first-order valence-electron chi connectivity index (χ1n) is 23.2. The van der Waals surface area contributed by atoms with Gasteiger partial charge in [0, 0.05) is 108 Å². The molecular formula is C54H44Cl6N10O3. The molecule has 6 aromatic carbocycles. The van der Waals surface area contributed by atoms with Gasteiger partial charge in [-0.1, -0.05) is 118 Å². The molecule has 4 aliphatic heterocycles. The van der Waals surface area contributed by atoms with Crippen molar-refractivity contribution in [2.75, 3.05) is 36.0 Å². The standard InChI is InChI=1S/C27H22Cl3N5O.C21H13Cl3N2O2.C6H9N3/c28-22-5-2-1-4-19(22)20-10-17(13-33-14-18(15-33)34-9-8-31-16-34)11-25-21(20)12-32-27(36)35(25)26-23(29)6-3-7-24(26)30;22-16-5-2-1-4-13(16)14-8-12(11-27)9-19-15(14)10-25-21(28)26(19)20-17(23)6-3-7-18(20)24;1-2-9(5-7-1)6-3-8-4-6/h1-11,16,18H,12-15H2,(H,32,36);1-9,11H,10H2,(H,25,28);1-2,5-6,8H,3-4H2. The van der Waals surface area contributed by atoms with Crippen LogP contribution in [-0.4, -0.2) is 68.5 Å². The molecule has 8 aromatic rings. The Morgan fingerprint density at radius 3 is 1.47 bits per heavy atom. The lowest BCUT2D eigenvalue weighted by molar-refractivity contribution is 0.0989. The summed E-state index contributed by atoms with van der Waals surface area (Å²) in [5, 5.41) is 11.7. The number of rotatable bonds is 9. The normalized spacial score (nSPS) is 15.3. The molecule has 2 saturated heterocycles. The summed E-state index contributed by atoms with van der Waals surface area (Å²) in [7, 11) is 0. The van der Waals surface area contributed by atoms with E-state index in [1.54, 1.807) is 59.5 Å². The van der Waals surface area contributed by atoms with Crippen LogP contribution in [0.5, 0.6) is 0 Å². The number of hydrogen-bond donors (Lipinski definition) is 3. The van der Waals surface area contributed by atoms with Gasteiger partial charge >= 0.3 is 12.1 Å². The van der Waals surface area contributed by atoms with Gasteiger partial charge in [-0.3, -0.25) is 19.5 Å². The van der Waals surface area contributed by atoms with Crippen molar-refractivity contribution in [2.24, 2.45) is 0 Å². The van der Waals surface area contributed by atoms with E-state index in [4.69, 9.17) is 69.6 Å². The van der Waals surface area contributed by atoms with Gasteiger partial charge in [0.25, 0.3) is 0 Å². The predicted octanol–water partition coefficient (Wildman–Crippen LogP) is 13.4.